The second-order valence-corrected chi connectivity index (χ2v) is 6.58. The monoisotopic (exact) mass is 435 g/mol. The maximum Gasteiger partial charge on any atom is 1.00 e. The van der Waals surface area contributed by atoms with E-state index in [1.165, 1.54) is 12.5 Å². The molecular weight excluding hydrogens is 421 g/mol. The van der Waals surface area contributed by atoms with Crippen molar-refractivity contribution in [2.45, 2.75) is 24.6 Å². The van der Waals surface area contributed by atoms with E-state index >= 15 is 0 Å². The molecule has 13 nitrogen and oxygen atoms in total. The van der Waals surface area contributed by atoms with Gasteiger partial charge in [0.25, 0.3) is 17.5 Å². The van der Waals surface area contributed by atoms with Gasteiger partial charge in [-0.3, -0.25) is 19.2 Å². The van der Waals surface area contributed by atoms with Crippen molar-refractivity contribution in [1.29, 1.82) is 0 Å². The summed E-state index contributed by atoms with van der Waals surface area (Å²) in [6, 6.07) is -1.26. The van der Waals surface area contributed by atoms with Crippen molar-refractivity contribution in [2.24, 2.45) is 5.16 Å². The number of ether oxygens (including phenoxy) is 1. The van der Waals surface area contributed by atoms with Crippen molar-refractivity contribution in [3.63, 3.8) is 0 Å². The minimum atomic E-state index is -2.37. The van der Waals surface area contributed by atoms with E-state index in [2.05, 4.69) is 20.3 Å². The first-order valence-electron chi connectivity index (χ1n) is 7.82. The Kier molecular flexibility index (Phi) is 7.18. The van der Waals surface area contributed by atoms with Gasteiger partial charge in [0.05, 0.1) is 6.42 Å². The van der Waals surface area contributed by atoms with Crippen molar-refractivity contribution in [2.75, 3.05) is 19.5 Å². The van der Waals surface area contributed by atoms with Crippen LogP contribution in [-0.4, -0.2) is 65.0 Å². The third-order valence-corrected chi connectivity index (χ3v) is 4.61. The Morgan fingerprint density at radius 1 is 1.52 bits per heavy atom. The zero-order chi connectivity index (χ0) is 20.5. The molecule has 2 atom stereocenters. The Labute approximate surface area is 189 Å². The number of aliphatic carboxylic acids is 1. The summed E-state index contributed by atoms with van der Waals surface area (Å²) in [6.45, 7) is -0.392. The maximum atomic E-state index is 12.6. The first-order chi connectivity index (χ1) is 13.3. The van der Waals surface area contributed by atoms with Gasteiger partial charge in [-0.2, -0.15) is 5.06 Å². The van der Waals surface area contributed by atoms with Gasteiger partial charge in [-0.05, 0) is 0 Å². The molecule has 2 aliphatic heterocycles. The molecule has 1 aromatic rings. The van der Waals surface area contributed by atoms with Crippen LogP contribution in [0.2, 0.25) is 0 Å². The van der Waals surface area contributed by atoms with Crippen LogP contribution in [0.5, 0.6) is 0 Å². The third kappa shape index (κ3) is 4.35. The second kappa shape index (κ2) is 9.04. The van der Waals surface area contributed by atoms with E-state index in [9.17, 15) is 24.3 Å². The topological polar surface area (TPSA) is 186 Å². The Bertz CT molecular complexity index is 876. The number of carboxylic acids is 1. The summed E-state index contributed by atoms with van der Waals surface area (Å²) in [5.74, 6) is -4.38. The van der Waals surface area contributed by atoms with Gasteiger partial charge in [0.1, 0.15) is 31.4 Å². The Hall–Kier alpha value is -2.26. The molecule has 2 amide bonds. The molecule has 3 N–H and O–H groups in total. The second-order valence-electron chi connectivity index (χ2n) is 5.69. The molecule has 2 saturated heterocycles. The number of rotatable bonds is 6. The number of hydroxylamine groups is 2. The maximum absolute atomic E-state index is 12.6. The van der Waals surface area contributed by atoms with E-state index in [1.54, 1.807) is 0 Å². The molecular formula is C14H14N5NaO8S. The fourth-order valence-corrected chi connectivity index (χ4v) is 3.21. The number of aromatic nitrogens is 1. The molecule has 0 radical (unpaired) electrons. The molecule has 15 heteroatoms. The van der Waals surface area contributed by atoms with Gasteiger partial charge in [0.2, 0.25) is 0 Å². The Balaban J connectivity index is 0.00000300. The number of esters is 1. The minimum absolute atomic E-state index is 0. The summed E-state index contributed by atoms with van der Waals surface area (Å²) in [7, 11) is 1.21. The van der Waals surface area contributed by atoms with Crippen LogP contribution in [0.3, 0.4) is 0 Å². The van der Waals surface area contributed by atoms with Crippen LogP contribution in [0.15, 0.2) is 10.5 Å². The van der Waals surface area contributed by atoms with E-state index in [-0.39, 0.29) is 58.9 Å². The smallest absolute Gasteiger partial charge is 0.544 e. The van der Waals surface area contributed by atoms with E-state index in [0.717, 1.165) is 11.3 Å². The van der Waals surface area contributed by atoms with Gasteiger partial charge in [0, 0.05) is 11.8 Å². The van der Waals surface area contributed by atoms with E-state index in [0.29, 0.717) is 5.06 Å². The first-order valence-corrected chi connectivity index (χ1v) is 8.70. The SMILES string of the molecule is CO/N=C(\C(=O)N[C@@H]1CON(C2(C(=O)[O-])CCC(=O)O2)C1=O)c1csc(N)n1.[Na+]. The van der Waals surface area contributed by atoms with Crippen LogP contribution in [-0.2, 0) is 33.6 Å². The summed E-state index contributed by atoms with van der Waals surface area (Å²) in [5.41, 5.74) is 3.04. The molecule has 0 bridgehead atoms. The van der Waals surface area contributed by atoms with Gasteiger partial charge in [-0.15, -0.1) is 11.3 Å². The van der Waals surface area contributed by atoms with Gasteiger partial charge >= 0.3 is 35.5 Å². The van der Waals surface area contributed by atoms with Crippen molar-refractivity contribution in [3.05, 3.63) is 11.1 Å². The molecule has 1 aromatic heterocycles. The number of carbonyl (C=O) groups is 4. The number of cyclic esters (lactones) is 1. The van der Waals surface area contributed by atoms with Crippen LogP contribution < -0.4 is 45.7 Å². The zero-order valence-electron chi connectivity index (χ0n) is 15.4. The number of thiazole rings is 1. The van der Waals surface area contributed by atoms with Gasteiger partial charge in [-0.25, -0.2) is 4.98 Å². The zero-order valence-corrected chi connectivity index (χ0v) is 18.2. The molecule has 1 unspecified atom stereocenters. The van der Waals surface area contributed by atoms with Crippen LogP contribution in [0.1, 0.15) is 18.5 Å². The van der Waals surface area contributed by atoms with Crippen LogP contribution >= 0.6 is 11.3 Å². The van der Waals surface area contributed by atoms with Gasteiger partial charge in [-0.1, -0.05) is 5.16 Å². The quantitative estimate of drug-likeness (QED) is 0.189. The van der Waals surface area contributed by atoms with E-state index < -0.39 is 42.1 Å². The summed E-state index contributed by atoms with van der Waals surface area (Å²) in [6.07, 6.45) is -0.566. The number of amides is 2. The molecule has 29 heavy (non-hydrogen) atoms. The predicted molar refractivity (Wildman–Crippen MR) is 87.9 cm³/mol. The summed E-state index contributed by atoms with van der Waals surface area (Å²) in [4.78, 5) is 61.6. The van der Waals surface area contributed by atoms with Crippen LogP contribution in [0.25, 0.3) is 0 Å². The third-order valence-electron chi connectivity index (χ3n) is 3.93. The molecule has 2 aliphatic rings. The van der Waals surface area contributed by atoms with Crippen molar-refractivity contribution in [1.82, 2.24) is 15.4 Å². The summed E-state index contributed by atoms with van der Waals surface area (Å²) < 4.78 is 4.78. The standard InChI is InChI=1S/C14H15N5O8S.Na/c1-25-18-9(7-5-28-13(15)17-7)10(21)16-6-4-26-19(11(6)22)14(12(23)24)3-2-8(20)27-14;/h5-6H,2-4H2,1H3,(H2,15,17)(H,16,21)(H,23,24);/q;+1/p-1/b18-9-;/t6-,14?;/m1./s1. The number of anilines is 1. The van der Waals surface area contributed by atoms with Gasteiger partial charge < -0.3 is 30.5 Å². The Morgan fingerprint density at radius 2 is 2.24 bits per heavy atom. The van der Waals surface area contributed by atoms with Crippen molar-refractivity contribution >= 4 is 45.9 Å². The molecule has 150 valence electrons. The number of carbonyl (C=O) groups excluding carboxylic acids is 4. The van der Waals surface area contributed by atoms with E-state index in [1.807, 2.05) is 0 Å². The molecule has 3 rings (SSSR count). The summed E-state index contributed by atoms with van der Waals surface area (Å²) >= 11 is 1.07. The van der Waals surface area contributed by atoms with Gasteiger partial charge in [0.15, 0.2) is 10.8 Å². The largest absolute Gasteiger partial charge is 1.00 e. The number of hydrogen-bond acceptors (Lipinski definition) is 12. The fraction of sp³-hybridized carbons (Fsp3) is 0.429. The van der Waals surface area contributed by atoms with Crippen LogP contribution in [0.4, 0.5) is 5.13 Å². The molecule has 2 fully saturated rings. The normalized spacial score (nSPS) is 24.1. The molecule has 0 aromatic carbocycles. The van der Waals surface area contributed by atoms with Crippen LogP contribution in [0, 0.1) is 0 Å². The minimum Gasteiger partial charge on any atom is -0.544 e. The number of nitrogen functional groups attached to an aromatic ring is 1. The number of nitrogens with zero attached hydrogens (tertiary/aromatic N) is 3. The number of hydrogen-bond donors (Lipinski definition) is 2. The summed E-state index contributed by atoms with van der Waals surface area (Å²) in [5, 5.41) is 19.5. The van der Waals surface area contributed by atoms with E-state index in [4.69, 9.17) is 15.3 Å². The first kappa shape index (κ1) is 23.0. The molecule has 0 aliphatic carbocycles. The fourth-order valence-electron chi connectivity index (χ4n) is 2.66. The average molecular weight is 435 g/mol. The number of oxime groups is 1. The predicted octanol–water partition coefficient (Wildman–Crippen LogP) is -5.88. The molecule has 0 saturated carbocycles. The molecule has 3 heterocycles. The van der Waals surface area contributed by atoms with Crippen molar-refractivity contribution < 1.29 is 68.3 Å². The van der Waals surface area contributed by atoms with Crippen molar-refractivity contribution in [3.8, 4) is 0 Å². The number of carboxylic acid groups (broad SMARTS) is 1. The number of nitrogens with one attached hydrogen (secondary N) is 1. The molecule has 0 spiro atoms. The average Bonchev–Trinajstić information content (AvgIpc) is 3.33. The number of nitrogens with two attached hydrogens (primary N) is 1. The Morgan fingerprint density at radius 3 is 2.76 bits per heavy atom.